The van der Waals surface area contributed by atoms with Crippen molar-refractivity contribution in [3.63, 3.8) is 0 Å². The van der Waals surface area contributed by atoms with Gasteiger partial charge in [-0.3, -0.25) is 4.79 Å². The molecule has 0 spiro atoms. The van der Waals surface area contributed by atoms with Crippen LogP contribution < -0.4 is 10.6 Å². The second-order valence-corrected chi connectivity index (χ2v) is 7.56. The molecule has 1 amide bonds. The lowest BCUT2D eigenvalue weighted by Gasteiger charge is -2.07. The number of nitrogens with one attached hydrogen (secondary N) is 2. The highest BCUT2D eigenvalue weighted by Gasteiger charge is 2.06. The molecule has 0 aliphatic carbocycles. The molecule has 3 aromatic rings. The summed E-state index contributed by atoms with van der Waals surface area (Å²) in [6.45, 7) is 2.74. The minimum atomic E-state index is -0.0685. The fourth-order valence-corrected chi connectivity index (χ4v) is 3.19. The average molecular weight is 413 g/mol. The summed E-state index contributed by atoms with van der Waals surface area (Å²) in [5.41, 5.74) is 3.15. The number of carbonyl (C=O) groups excluding carboxylic acids is 1. The first-order valence-corrected chi connectivity index (χ1v) is 10.3. The van der Waals surface area contributed by atoms with Crippen molar-refractivity contribution in [1.29, 1.82) is 0 Å². The van der Waals surface area contributed by atoms with E-state index in [-0.39, 0.29) is 11.7 Å². The molecule has 1 heterocycles. The topological polar surface area (TPSA) is 66.9 Å². The van der Waals surface area contributed by atoms with Crippen LogP contribution in [0.4, 0.5) is 11.5 Å². The van der Waals surface area contributed by atoms with Crippen LogP contribution in [0.1, 0.15) is 18.1 Å². The van der Waals surface area contributed by atoms with Gasteiger partial charge in [0.1, 0.15) is 10.8 Å². The third kappa shape index (κ3) is 6.25. The number of anilines is 2. The molecule has 28 heavy (non-hydrogen) atoms. The van der Waals surface area contributed by atoms with Crippen LogP contribution in [-0.2, 0) is 17.8 Å². The van der Waals surface area contributed by atoms with Gasteiger partial charge in [0.2, 0.25) is 5.91 Å². The third-order valence-corrected chi connectivity index (χ3v) is 5.20. The number of amides is 1. The lowest BCUT2D eigenvalue weighted by atomic mass is 10.1. The lowest BCUT2D eigenvalue weighted by Crippen LogP contribution is -2.14. The SMILES string of the molecule is CCc1ccc(NC(=O)CSc2ccc(NCc3ccc(Cl)cc3)nn2)cc1. The molecule has 7 heteroatoms. The highest BCUT2D eigenvalue weighted by Crippen LogP contribution is 2.17. The standard InChI is InChI=1S/C21H21ClN4OS/c1-2-15-5-9-18(10-6-15)24-20(27)14-28-21-12-11-19(25-26-21)23-13-16-3-7-17(22)8-4-16/h3-12H,2,13-14H2,1H3,(H,23,25)(H,24,27). The predicted octanol–water partition coefficient (Wildman–Crippen LogP) is 5.04. The van der Waals surface area contributed by atoms with E-state index in [1.807, 2.05) is 60.7 Å². The van der Waals surface area contributed by atoms with E-state index < -0.39 is 0 Å². The number of rotatable bonds is 8. The van der Waals surface area contributed by atoms with E-state index >= 15 is 0 Å². The zero-order valence-electron chi connectivity index (χ0n) is 15.5. The van der Waals surface area contributed by atoms with Crippen LogP contribution in [0.15, 0.2) is 65.7 Å². The second kappa shape index (κ2) is 10.1. The van der Waals surface area contributed by atoms with Crippen LogP contribution in [0.25, 0.3) is 0 Å². The van der Waals surface area contributed by atoms with Gasteiger partial charge < -0.3 is 10.6 Å². The van der Waals surface area contributed by atoms with Crippen LogP contribution in [0.2, 0.25) is 5.02 Å². The Bertz CT molecular complexity index is 899. The number of aryl methyl sites for hydroxylation is 1. The molecule has 144 valence electrons. The lowest BCUT2D eigenvalue weighted by molar-refractivity contribution is -0.113. The fraction of sp³-hybridized carbons (Fsp3) is 0.190. The van der Waals surface area contributed by atoms with Crippen molar-refractivity contribution in [3.05, 3.63) is 76.8 Å². The molecule has 3 rings (SSSR count). The van der Waals surface area contributed by atoms with Crippen LogP contribution >= 0.6 is 23.4 Å². The van der Waals surface area contributed by atoms with Crippen molar-refractivity contribution in [1.82, 2.24) is 10.2 Å². The average Bonchev–Trinajstić information content (AvgIpc) is 2.73. The quantitative estimate of drug-likeness (QED) is 0.507. The van der Waals surface area contributed by atoms with Gasteiger partial charge in [-0.15, -0.1) is 10.2 Å². The molecular weight excluding hydrogens is 392 g/mol. The van der Waals surface area contributed by atoms with Crippen molar-refractivity contribution in [3.8, 4) is 0 Å². The van der Waals surface area contributed by atoms with Crippen LogP contribution in [0.3, 0.4) is 0 Å². The van der Waals surface area contributed by atoms with E-state index in [0.717, 1.165) is 17.7 Å². The maximum atomic E-state index is 12.1. The van der Waals surface area contributed by atoms with Crippen molar-refractivity contribution >= 4 is 40.8 Å². The van der Waals surface area contributed by atoms with Gasteiger partial charge in [-0.05, 0) is 53.9 Å². The van der Waals surface area contributed by atoms with Gasteiger partial charge >= 0.3 is 0 Å². The van der Waals surface area contributed by atoms with E-state index in [1.54, 1.807) is 0 Å². The molecule has 0 radical (unpaired) electrons. The third-order valence-electron chi connectivity index (χ3n) is 4.02. The minimum absolute atomic E-state index is 0.0685. The van der Waals surface area contributed by atoms with E-state index in [2.05, 4.69) is 27.8 Å². The summed E-state index contributed by atoms with van der Waals surface area (Å²) in [6, 6.07) is 19.2. The Labute approximate surface area is 173 Å². The fourth-order valence-electron chi connectivity index (χ4n) is 2.45. The molecule has 0 saturated carbocycles. The summed E-state index contributed by atoms with van der Waals surface area (Å²) in [5, 5.41) is 15.8. The number of carbonyl (C=O) groups is 1. The van der Waals surface area contributed by atoms with Crippen LogP contribution in [0, 0.1) is 0 Å². The number of thioether (sulfide) groups is 1. The summed E-state index contributed by atoms with van der Waals surface area (Å²) in [7, 11) is 0. The molecule has 0 bridgehead atoms. The summed E-state index contributed by atoms with van der Waals surface area (Å²) < 4.78 is 0. The first-order chi connectivity index (χ1) is 13.6. The number of aromatic nitrogens is 2. The first kappa shape index (κ1) is 20.2. The largest absolute Gasteiger partial charge is 0.365 e. The Hall–Kier alpha value is -2.57. The number of halogens is 1. The van der Waals surface area contributed by atoms with Gasteiger partial charge in [-0.2, -0.15) is 0 Å². The molecule has 5 nitrogen and oxygen atoms in total. The predicted molar refractivity (Wildman–Crippen MR) is 116 cm³/mol. The molecule has 0 aliphatic rings. The van der Waals surface area contributed by atoms with Crippen molar-refractivity contribution in [2.24, 2.45) is 0 Å². The molecule has 0 unspecified atom stereocenters. The van der Waals surface area contributed by atoms with Gasteiger partial charge in [0.15, 0.2) is 0 Å². The summed E-state index contributed by atoms with van der Waals surface area (Å²) in [4.78, 5) is 12.1. The molecule has 0 aliphatic heterocycles. The van der Waals surface area contributed by atoms with Crippen molar-refractivity contribution < 1.29 is 4.79 Å². The van der Waals surface area contributed by atoms with Gasteiger partial charge in [-0.1, -0.05) is 54.6 Å². The normalized spacial score (nSPS) is 10.5. The highest BCUT2D eigenvalue weighted by atomic mass is 35.5. The molecule has 0 atom stereocenters. The molecular formula is C21H21ClN4OS. The number of hydrogen-bond acceptors (Lipinski definition) is 5. The zero-order chi connectivity index (χ0) is 19.8. The van der Waals surface area contributed by atoms with Gasteiger partial charge in [0.25, 0.3) is 0 Å². The second-order valence-electron chi connectivity index (χ2n) is 6.12. The van der Waals surface area contributed by atoms with Gasteiger partial charge in [0, 0.05) is 17.3 Å². The van der Waals surface area contributed by atoms with E-state index in [1.165, 1.54) is 17.3 Å². The Morgan fingerprint density at radius 2 is 1.68 bits per heavy atom. The summed E-state index contributed by atoms with van der Waals surface area (Å²) >= 11 is 7.23. The molecule has 0 fully saturated rings. The maximum absolute atomic E-state index is 12.1. The van der Waals surface area contributed by atoms with Gasteiger partial charge in [-0.25, -0.2) is 0 Å². The van der Waals surface area contributed by atoms with Crippen molar-refractivity contribution in [2.75, 3.05) is 16.4 Å². The Morgan fingerprint density at radius 3 is 2.32 bits per heavy atom. The van der Waals surface area contributed by atoms with Gasteiger partial charge in [0.05, 0.1) is 5.75 Å². The van der Waals surface area contributed by atoms with Crippen LogP contribution in [0.5, 0.6) is 0 Å². The molecule has 2 N–H and O–H groups in total. The highest BCUT2D eigenvalue weighted by molar-refractivity contribution is 7.99. The maximum Gasteiger partial charge on any atom is 0.234 e. The zero-order valence-corrected chi connectivity index (χ0v) is 17.1. The van der Waals surface area contributed by atoms with E-state index in [9.17, 15) is 4.79 Å². The minimum Gasteiger partial charge on any atom is -0.365 e. The van der Waals surface area contributed by atoms with E-state index in [4.69, 9.17) is 11.6 Å². The Morgan fingerprint density at radius 1 is 0.964 bits per heavy atom. The van der Waals surface area contributed by atoms with Crippen LogP contribution in [-0.4, -0.2) is 21.9 Å². The number of hydrogen-bond donors (Lipinski definition) is 2. The molecule has 2 aromatic carbocycles. The monoisotopic (exact) mass is 412 g/mol. The number of benzene rings is 2. The Balaban J connectivity index is 1.44. The molecule has 1 aromatic heterocycles. The Kier molecular flexibility index (Phi) is 7.28. The number of nitrogens with zero attached hydrogens (tertiary/aromatic N) is 2. The van der Waals surface area contributed by atoms with Crippen molar-refractivity contribution in [2.45, 2.75) is 24.9 Å². The molecule has 0 saturated heterocycles. The first-order valence-electron chi connectivity index (χ1n) is 8.96. The van der Waals surface area contributed by atoms with E-state index in [0.29, 0.717) is 22.4 Å². The summed E-state index contributed by atoms with van der Waals surface area (Å²) in [5.74, 6) is 0.891. The smallest absolute Gasteiger partial charge is 0.234 e. The summed E-state index contributed by atoms with van der Waals surface area (Å²) in [6.07, 6.45) is 0.979.